The summed E-state index contributed by atoms with van der Waals surface area (Å²) in [5, 5.41) is 11.5. The predicted molar refractivity (Wildman–Crippen MR) is 63.1 cm³/mol. The van der Waals surface area contributed by atoms with Gasteiger partial charge in [0.15, 0.2) is 0 Å². The van der Waals surface area contributed by atoms with Gasteiger partial charge in [-0.2, -0.15) is 0 Å². The zero-order chi connectivity index (χ0) is 13.9. The van der Waals surface area contributed by atoms with E-state index in [1.165, 1.54) is 0 Å². The van der Waals surface area contributed by atoms with Crippen molar-refractivity contribution in [3.05, 3.63) is 0 Å². The van der Waals surface area contributed by atoms with E-state index in [-0.39, 0.29) is 12.8 Å². The van der Waals surface area contributed by atoms with Crippen molar-refractivity contribution in [1.82, 2.24) is 5.32 Å². The van der Waals surface area contributed by atoms with Gasteiger partial charge in [-0.1, -0.05) is 0 Å². The van der Waals surface area contributed by atoms with Crippen LogP contribution < -0.4 is 5.32 Å². The summed E-state index contributed by atoms with van der Waals surface area (Å²) < 4.78 is 5.07. The minimum atomic E-state index is -0.935. The first-order chi connectivity index (χ1) is 8.23. The van der Waals surface area contributed by atoms with Gasteiger partial charge in [-0.15, -0.1) is 0 Å². The van der Waals surface area contributed by atoms with E-state index < -0.39 is 35.5 Å². The van der Waals surface area contributed by atoms with E-state index in [2.05, 4.69) is 5.32 Å². The maximum absolute atomic E-state index is 11.6. The number of carboxylic acids is 1. The highest BCUT2D eigenvalue weighted by molar-refractivity contribution is 5.74. The lowest BCUT2D eigenvalue weighted by Crippen LogP contribution is -2.41. The van der Waals surface area contributed by atoms with E-state index in [0.29, 0.717) is 6.29 Å². The fraction of sp³-hybridized carbons (Fsp3) is 0.750. The van der Waals surface area contributed by atoms with Crippen molar-refractivity contribution >= 4 is 18.3 Å². The summed E-state index contributed by atoms with van der Waals surface area (Å²) >= 11 is 0. The number of rotatable bonds is 3. The van der Waals surface area contributed by atoms with Gasteiger partial charge < -0.3 is 20.0 Å². The van der Waals surface area contributed by atoms with Crippen LogP contribution in [0.3, 0.4) is 0 Å². The molecule has 0 aromatic heterocycles. The number of nitrogens with one attached hydrogen (secondary N) is 1. The standard InChI is InChI=1S/C12H19NO5/c1-12(2,3)18-11(17)13-9-5-7(10(15)16)4-8(9)6-14/h6-9H,4-5H2,1-3H3,(H,13,17)(H,15,16). The van der Waals surface area contributed by atoms with E-state index in [1.54, 1.807) is 20.8 Å². The molecule has 6 heteroatoms. The molecule has 2 N–H and O–H groups in total. The Kier molecular flexibility index (Phi) is 4.32. The minimum Gasteiger partial charge on any atom is -0.481 e. The molecule has 0 bridgehead atoms. The van der Waals surface area contributed by atoms with E-state index in [0.717, 1.165) is 0 Å². The molecule has 1 saturated carbocycles. The average Bonchev–Trinajstić information content (AvgIpc) is 2.57. The van der Waals surface area contributed by atoms with Gasteiger partial charge in [0.25, 0.3) is 0 Å². The van der Waals surface area contributed by atoms with Gasteiger partial charge >= 0.3 is 12.1 Å². The number of alkyl carbamates (subject to hydrolysis) is 1. The van der Waals surface area contributed by atoms with Gasteiger partial charge in [0.1, 0.15) is 11.9 Å². The highest BCUT2D eigenvalue weighted by atomic mass is 16.6. The lowest BCUT2D eigenvalue weighted by Gasteiger charge is -2.22. The number of hydrogen-bond acceptors (Lipinski definition) is 4. The number of ether oxygens (including phenoxy) is 1. The molecular formula is C12H19NO5. The molecule has 0 radical (unpaired) electrons. The predicted octanol–water partition coefficient (Wildman–Crippen LogP) is 1.19. The molecule has 0 aromatic carbocycles. The van der Waals surface area contributed by atoms with Gasteiger partial charge in [0, 0.05) is 12.0 Å². The van der Waals surface area contributed by atoms with Crippen LogP contribution >= 0.6 is 0 Å². The molecule has 18 heavy (non-hydrogen) atoms. The van der Waals surface area contributed by atoms with Gasteiger partial charge in [0.05, 0.1) is 5.92 Å². The molecule has 0 heterocycles. The molecule has 3 atom stereocenters. The third-order valence-corrected chi connectivity index (χ3v) is 2.84. The first kappa shape index (κ1) is 14.5. The Hall–Kier alpha value is -1.59. The quantitative estimate of drug-likeness (QED) is 0.741. The van der Waals surface area contributed by atoms with Crippen LogP contribution in [0.4, 0.5) is 4.79 Å². The third-order valence-electron chi connectivity index (χ3n) is 2.84. The number of carboxylic acid groups (broad SMARTS) is 1. The summed E-state index contributed by atoms with van der Waals surface area (Å²) in [5.74, 6) is -1.98. The smallest absolute Gasteiger partial charge is 0.407 e. The Labute approximate surface area is 106 Å². The molecule has 1 amide bonds. The molecule has 1 aliphatic rings. The molecule has 1 rings (SSSR count). The first-order valence-corrected chi connectivity index (χ1v) is 5.90. The Bertz CT molecular complexity index is 347. The second-order valence-electron chi connectivity index (χ2n) is 5.56. The number of carbonyl (C=O) groups is 3. The van der Waals surface area contributed by atoms with Crippen LogP contribution in [0.1, 0.15) is 33.6 Å². The summed E-state index contributed by atoms with van der Waals surface area (Å²) in [6.45, 7) is 5.20. The molecule has 3 unspecified atom stereocenters. The van der Waals surface area contributed by atoms with E-state index in [4.69, 9.17) is 9.84 Å². The molecule has 1 fully saturated rings. The molecule has 0 spiro atoms. The maximum Gasteiger partial charge on any atom is 0.407 e. The molecular weight excluding hydrogens is 238 g/mol. The van der Waals surface area contributed by atoms with Crippen molar-refractivity contribution in [2.45, 2.75) is 45.3 Å². The van der Waals surface area contributed by atoms with Crippen molar-refractivity contribution in [1.29, 1.82) is 0 Å². The lowest BCUT2D eigenvalue weighted by atomic mass is 10.1. The molecule has 6 nitrogen and oxygen atoms in total. The Morgan fingerprint density at radius 2 is 1.94 bits per heavy atom. The Morgan fingerprint density at radius 1 is 1.33 bits per heavy atom. The monoisotopic (exact) mass is 257 g/mol. The van der Waals surface area contributed by atoms with Crippen LogP contribution in [0.2, 0.25) is 0 Å². The molecule has 102 valence electrons. The second kappa shape index (κ2) is 5.37. The summed E-state index contributed by atoms with van der Waals surface area (Å²) in [6.07, 6.45) is 0.604. The SMILES string of the molecule is CC(C)(C)OC(=O)NC1CC(C(=O)O)CC1C=O. The van der Waals surface area contributed by atoms with Gasteiger partial charge in [0.2, 0.25) is 0 Å². The summed E-state index contributed by atoms with van der Waals surface area (Å²) in [5.41, 5.74) is -0.619. The van der Waals surface area contributed by atoms with Crippen LogP contribution in [0, 0.1) is 11.8 Å². The average molecular weight is 257 g/mol. The fourth-order valence-corrected chi connectivity index (χ4v) is 2.05. The normalized spacial score (nSPS) is 27.6. The summed E-state index contributed by atoms with van der Waals surface area (Å²) in [6, 6.07) is -0.460. The number of aldehydes is 1. The Balaban J connectivity index is 2.58. The van der Waals surface area contributed by atoms with Crippen LogP contribution in [0.5, 0.6) is 0 Å². The van der Waals surface area contributed by atoms with E-state index in [1.807, 2.05) is 0 Å². The lowest BCUT2D eigenvalue weighted by molar-refractivity contribution is -0.141. The molecule has 0 aliphatic heterocycles. The minimum absolute atomic E-state index is 0.262. The van der Waals surface area contributed by atoms with Gasteiger partial charge in [-0.25, -0.2) is 4.79 Å². The number of amides is 1. The second-order valence-corrected chi connectivity index (χ2v) is 5.56. The van der Waals surface area contributed by atoms with Crippen molar-refractivity contribution in [2.24, 2.45) is 11.8 Å². The number of carbonyl (C=O) groups excluding carboxylic acids is 2. The molecule has 0 saturated heterocycles. The zero-order valence-corrected chi connectivity index (χ0v) is 10.8. The molecule has 0 aromatic rings. The van der Waals surface area contributed by atoms with Crippen LogP contribution in [-0.2, 0) is 14.3 Å². The molecule has 1 aliphatic carbocycles. The highest BCUT2D eigenvalue weighted by Crippen LogP contribution is 2.30. The fourth-order valence-electron chi connectivity index (χ4n) is 2.05. The topological polar surface area (TPSA) is 92.7 Å². The number of aliphatic carboxylic acids is 1. The van der Waals surface area contributed by atoms with Crippen molar-refractivity contribution in [3.63, 3.8) is 0 Å². The van der Waals surface area contributed by atoms with Crippen molar-refractivity contribution in [2.75, 3.05) is 0 Å². The van der Waals surface area contributed by atoms with Crippen LogP contribution in [0.25, 0.3) is 0 Å². The van der Waals surface area contributed by atoms with Crippen molar-refractivity contribution < 1.29 is 24.2 Å². The van der Waals surface area contributed by atoms with Crippen molar-refractivity contribution in [3.8, 4) is 0 Å². The summed E-state index contributed by atoms with van der Waals surface area (Å²) in [7, 11) is 0. The van der Waals surface area contributed by atoms with Crippen LogP contribution in [-0.4, -0.2) is 35.1 Å². The van der Waals surface area contributed by atoms with Gasteiger partial charge in [-0.3, -0.25) is 4.79 Å². The van der Waals surface area contributed by atoms with Gasteiger partial charge in [-0.05, 0) is 33.6 Å². The number of hydrogen-bond donors (Lipinski definition) is 2. The third kappa shape index (κ3) is 4.01. The largest absolute Gasteiger partial charge is 0.481 e. The summed E-state index contributed by atoms with van der Waals surface area (Å²) in [4.78, 5) is 33.3. The van der Waals surface area contributed by atoms with E-state index >= 15 is 0 Å². The maximum atomic E-state index is 11.6. The van der Waals surface area contributed by atoms with Crippen LogP contribution in [0.15, 0.2) is 0 Å². The Morgan fingerprint density at radius 3 is 2.39 bits per heavy atom. The van der Waals surface area contributed by atoms with E-state index in [9.17, 15) is 14.4 Å². The zero-order valence-electron chi connectivity index (χ0n) is 10.8. The highest BCUT2D eigenvalue weighted by Gasteiger charge is 2.39. The first-order valence-electron chi connectivity index (χ1n) is 5.90.